The standard InChI is InChI=1S/C10H20.C5H12/c1-3-5-7-9-10-8-6-4-2;1-4-5(2)3/h3H,1,4-10H2,2H3;5H,4H2,1-3H3. The van der Waals surface area contributed by atoms with Gasteiger partial charge >= 0.3 is 0 Å². The summed E-state index contributed by atoms with van der Waals surface area (Å²) in [7, 11) is 0. The Morgan fingerprint density at radius 3 is 1.80 bits per heavy atom. The molecule has 0 aromatic carbocycles. The molecule has 0 aromatic rings. The van der Waals surface area contributed by atoms with E-state index in [1.54, 1.807) is 0 Å². The summed E-state index contributed by atoms with van der Waals surface area (Å²) in [5.74, 6) is 0.884. The molecule has 0 aliphatic carbocycles. The smallest absolute Gasteiger partial charge is 0.0353 e. The third-order valence-electron chi connectivity index (χ3n) is 2.58. The van der Waals surface area contributed by atoms with Crippen molar-refractivity contribution in [3.05, 3.63) is 12.7 Å². The minimum absolute atomic E-state index is 0.884. The molecule has 0 aliphatic heterocycles. The van der Waals surface area contributed by atoms with Crippen LogP contribution in [0, 0.1) is 5.92 Å². The quantitative estimate of drug-likeness (QED) is 0.343. The Labute approximate surface area is 98.2 Å². The van der Waals surface area contributed by atoms with Crippen LogP contribution in [-0.4, -0.2) is 0 Å². The van der Waals surface area contributed by atoms with Crippen molar-refractivity contribution in [2.45, 2.75) is 79.1 Å². The highest BCUT2D eigenvalue weighted by Crippen LogP contribution is 2.06. The van der Waals surface area contributed by atoms with Crippen molar-refractivity contribution < 1.29 is 0 Å². The Morgan fingerprint density at radius 2 is 1.40 bits per heavy atom. The molecular weight excluding hydrogens is 180 g/mol. The van der Waals surface area contributed by atoms with Gasteiger partial charge in [-0.3, -0.25) is 0 Å². The van der Waals surface area contributed by atoms with Gasteiger partial charge in [-0.1, -0.05) is 72.3 Å². The molecule has 0 rings (SSSR count). The van der Waals surface area contributed by atoms with E-state index in [0.717, 1.165) is 5.92 Å². The molecule has 0 atom stereocenters. The highest BCUT2D eigenvalue weighted by molar-refractivity contribution is 4.65. The van der Waals surface area contributed by atoms with Crippen molar-refractivity contribution in [3.8, 4) is 0 Å². The number of rotatable bonds is 8. The van der Waals surface area contributed by atoms with Crippen LogP contribution in [0.5, 0.6) is 0 Å². The zero-order chi connectivity index (χ0) is 11.9. The lowest BCUT2D eigenvalue weighted by Crippen LogP contribution is -1.77. The molecular formula is C15H32. The zero-order valence-corrected chi connectivity index (χ0v) is 11.5. The number of hydrogen-bond acceptors (Lipinski definition) is 0. The van der Waals surface area contributed by atoms with E-state index in [-0.39, 0.29) is 0 Å². The fraction of sp³-hybridized carbons (Fsp3) is 0.867. The van der Waals surface area contributed by atoms with Crippen molar-refractivity contribution in [1.82, 2.24) is 0 Å². The lowest BCUT2D eigenvalue weighted by molar-refractivity contribution is 0.611. The van der Waals surface area contributed by atoms with Gasteiger partial charge in [0.2, 0.25) is 0 Å². The summed E-state index contributed by atoms with van der Waals surface area (Å²) in [4.78, 5) is 0. The van der Waals surface area contributed by atoms with E-state index in [4.69, 9.17) is 0 Å². The Balaban J connectivity index is 0. The Kier molecular flexibility index (Phi) is 18.5. The molecule has 0 saturated carbocycles. The Morgan fingerprint density at radius 1 is 0.933 bits per heavy atom. The maximum absolute atomic E-state index is 3.69. The third kappa shape index (κ3) is 24.8. The van der Waals surface area contributed by atoms with Crippen molar-refractivity contribution in [2.24, 2.45) is 5.92 Å². The van der Waals surface area contributed by atoms with Crippen LogP contribution in [0.1, 0.15) is 79.1 Å². The molecule has 0 heteroatoms. The van der Waals surface area contributed by atoms with Gasteiger partial charge in [-0.15, -0.1) is 6.58 Å². The molecule has 0 unspecified atom stereocenters. The Hall–Kier alpha value is -0.260. The second-order valence-electron chi connectivity index (χ2n) is 4.65. The molecule has 0 spiro atoms. The SMILES string of the molecule is C=CCCCCCCCC.CCC(C)C. The van der Waals surface area contributed by atoms with Crippen molar-refractivity contribution in [2.75, 3.05) is 0 Å². The highest BCUT2D eigenvalue weighted by atomic mass is 13.9. The summed E-state index contributed by atoms with van der Waals surface area (Å²) in [5, 5.41) is 0. The molecule has 92 valence electrons. The summed E-state index contributed by atoms with van der Waals surface area (Å²) in [6.45, 7) is 12.6. The third-order valence-corrected chi connectivity index (χ3v) is 2.58. The number of hydrogen-bond donors (Lipinski definition) is 0. The molecule has 0 aromatic heterocycles. The van der Waals surface area contributed by atoms with Gasteiger partial charge in [0.1, 0.15) is 0 Å². The van der Waals surface area contributed by atoms with E-state index in [0.29, 0.717) is 0 Å². The van der Waals surface area contributed by atoms with E-state index in [1.807, 2.05) is 6.08 Å². The second kappa shape index (κ2) is 16.2. The molecule has 15 heavy (non-hydrogen) atoms. The van der Waals surface area contributed by atoms with Crippen LogP contribution in [0.2, 0.25) is 0 Å². The van der Waals surface area contributed by atoms with Crippen LogP contribution >= 0.6 is 0 Å². The molecule has 0 aliphatic rings. The van der Waals surface area contributed by atoms with Crippen LogP contribution in [0.15, 0.2) is 12.7 Å². The lowest BCUT2D eigenvalue weighted by atomic mass is 10.1. The molecule has 0 radical (unpaired) electrons. The summed E-state index contributed by atoms with van der Waals surface area (Å²) in [6, 6.07) is 0. The molecule has 0 amide bonds. The lowest BCUT2D eigenvalue weighted by Gasteiger charge is -1.96. The zero-order valence-electron chi connectivity index (χ0n) is 11.5. The summed E-state index contributed by atoms with van der Waals surface area (Å²) in [6.07, 6.45) is 12.9. The largest absolute Gasteiger partial charge is 0.103 e. The minimum Gasteiger partial charge on any atom is -0.103 e. The fourth-order valence-electron chi connectivity index (χ4n) is 1.07. The summed E-state index contributed by atoms with van der Waals surface area (Å²) < 4.78 is 0. The molecule has 0 heterocycles. The first-order valence-corrected chi connectivity index (χ1v) is 6.79. The fourth-order valence-corrected chi connectivity index (χ4v) is 1.07. The van der Waals surface area contributed by atoms with E-state index < -0.39 is 0 Å². The maximum atomic E-state index is 3.69. The monoisotopic (exact) mass is 212 g/mol. The van der Waals surface area contributed by atoms with Crippen LogP contribution in [0.4, 0.5) is 0 Å². The topological polar surface area (TPSA) is 0 Å². The van der Waals surface area contributed by atoms with E-state index in [2.05, 4.69) is 34.3 Å². The van der Waals surface area contributed by atoms with Gasteiger partial charge in [0.15, 0.2) is 0 Å². The van der Waals surface area contributed by atoms with E-state index >= 15 is 0 Å². The first kappa shape index (κ1) is 17.1. The highest BCUT2D eigenvalue weighted by Gasteiger charge is 1.86. The van der Waals surface area contributed by atoms with Gasteiger partial charge in [-0.2, -0.15) is 0 Å². The molecule has 0 N–H and O–H groups in total. The van der Waals surface area contributed by atoms with Gasteiger partial charge in [0.05, 0.1) is 0 Å². The molecule has 0 saturated heterocycles. The summed E-state index contributed by atoms with van der Waals surface area (Å²) in [5.41, 5.74) is 0. The van der Waals surface area contributed by atoms with E-state index in [1.165, 1.54) is 51.4 Å². The van der Waals surface area contributed by atoms with Crippen LogP contribution in [0.25, 0.3) is 0 Å². The average molecular weight is 212 g/mol. The minimum atomic E-state index is 0.884. The molecule has 0 bridgehead atoms. The second-order valence-corrected chi connectivity index (χ2v) is 4.65. The maximum Gasteiger partial charge on any atom is -0.0353 e. The Bertz CT molecular complexity index is 103. The van der Waals surface area contributed by atoms with Crippen LogP contribution < -0.4 is 0 Å². The first-order chi connectivity index (χ1) is 7.18. The first-order valence-electron chi connectivity index (χ1n) is 6.79. The predicted octanol–water partition coefficient (Wildman–Crippen LogP) is 5.98. The van der Waals surface area contributed by atoms with Gasteiger partial charge in [-0.25, -0.2) is 0 Å². The average Bonchev–Trinajstić information content (AvgIpc) is 2.24. The van der Waals surface area contributed by atoms with Gasteiger partial charge in [0.25, 0.3) is 0 Å². The van der Waals surface area contributed by atoms with Crippen LogP contribution in [-0.2, 0) is 0 Å². The molecule has 0 fully saturated rings. The van der Waals surface area contributed by atoms with Gasteiger partial charge < -0.3 is 0 Å². The molecule has 0 nitrogen and oxygen atoms in total. The van der Waals surface area contributed by atoms with Crippen molar-refractivity contribution in [3.63, 3.8) is 0 Å². The van der Waals surface area contributed by atoms with Crippen molar-refractivity contribution >= 4 is 0 Å². The normalized spacial score (nSPS) is 9.67. The summed E-state index contributed by atoms with van der Waals surface area (Å²) >= 11 is 0. The number of allylic oxidation sites excluding steroid dienone is 1. The van der Waals surface area contributed by atoms with Crippen molar-refractivity contribution in [1.29, 1.82) is 0 Å². The van der Waals surface area contributed by atoms with Gasteiger partial charge in [0, 0.05) is 0 Å². The predicted molar refractivity (Wildman–Crippen MR) is 73.3 cm³/mol. The van der Waals surface area contributed by atoms with E-state index in [9.17, 15) is 0 Å². The number of unbranched alkanes of at least 4 members (excludes halogenated alkanes) is 6. The van der Waals surface area contributed by atoms with Gasteiger partial charge in [-0.05, 0) is 18.8 Å². The van der Waals surface area contributed by atoms with Crippen LogP contribution in [0.3, 0.4) is 0 Å².